The first-order valence-corrected chi connectivity index (χ1v) is 5.84. The molecule has 1 rings (SSSR count). The fourth-order valence-electron chi connectivity index (χ4n) is 0.692. The molecule has 0 bridgehead atoms. The Morgan fingerprint density at radius 2 is 2.64 bits per heavy atom. The highest BCUT2D eigenvalue weighted by atomic mass is 127. The molecular formula is C6H8ClIN4OS. The molecule has 0 aliphatic rings. The normalized spacial score (nSPS) is 11.5. The van der Waals surface area contributed by atoms with Crippen molar-refractivity contribution in [1.29, 1.82) is 0 Å². The van der Waals surface area contributed by atoms with Crippen LogP contribution in [0.1, 0.15) is 4.88 Å². The highest BCUT2D eigenvalue weighted by Crippen LogP contribution is 2.18. The Morgan fingerprint density at radius 3 is 3.14 bits per heavy atom. The van der Waals surface area contributed by atoms with Crippen LogP contribution >= 0.6 is 45.8 Å². The zero-order valence-electron chi connectivity index (χ0n) is 7.25. The van der Waals surface area contributed by atoms with E-state index in [9.17, 15) is 0 Å². The van der Waals surface area contributed by atoms with Gasteiger partial charge in [0.2, 0.25) is 5.96 Å². The second-order valence-corrected chi connectivity index (χ2v) is 4.38. The van der Waals surface area contributed by atoms with Crippen LogP contribution < -0.4 is 9.01 Å². The lowest BCUT2D eigenvalue weighted by Crippen LogP contribution is -2.30. The van der Waals surface area contributed by atoms with Gasteiger partial charge in [-0.05, 0) is 0 Å². The van der Waals surface area contributed by atoms with Crippen molar-refractivity contribution < 1.29 is 4.84 Å². The third kappa shape index (κ3) is 3.95. The average Bonchev–Trinajstić information content (AvgIpc) is 2.59. The molecule has 0 saturated heterocycles. The largest absolute Gasteiger partial charge is 0.297 e. The van der Waals surface area contributed by atoms with Crippen molar-refractivity contribution in [3.8, 4) is 0 Å². The summed E-state index contributed by atoms with van der Waals surface area (Å²) in [7, 11) is 1.52. The average molecular weight is 347 g/mol. The van der Waals surface area contributed by atoms with Gasteiger partial charge in [-0.2, -0.15) is 0 Å². The summed E-state index contributed by atoms with van der Waals surface area (Å²) in [5.41, 5.74) is 2.59. The summed E-state index contributed by atoms with van der Waals surface area (Å²) in [5.74, 6) is 0.553. The van der Waals surface area contributed by atoms with Crippen LogP contribution in [0, 0.1) is 0 Å². The monoisotopic (exact) mass is 346 g/mol. The molecule has 1 aromatic rings. The topological polar surface area (TPSA) is 58.5 Å². The molecule has 1 aromatic heterocycles. The smallest absolute Gasteiger partial charge is 0.225 e. The number of nitrogens with one attached hydrogen (secondary N) is 2. The Hall–Kier alpha value is -0.120. The van der Waals surface area contributed by atoms with E-state index in [0.717, 1.165) is 4.88 Å². The number of halogens is 2. The quantitative estimate of drug-likeness (QED) is 0.288. The number of rotatable bonds is 3. The predicted molar refractivity (Wildman–Crippen MR) is 65.6 cm³/mol. The van der Waals surface area contributed by atoms with Gasteiger partial charge in [0.15, 0.2) is 4.47 Å². The van der Waals surface area contributed by atoms with Gasteiger partial charge < -0.3 is 0 Å². The van der Waals surface area contributed by atoms with Crippen molar-refractivity contribution in [3.63, 3.8) is 0 Å². The number of aliphatic imine (C=N–C) groups is 1. The van der Waals surface area contributed by atoms with Crippen LogP contribution in [0.15, 0.2) is 11.2 Å². The van der Waals surface area contributed by atoms with Gasteiger partial charge >= 0.3 is 0 Å². The van der Waals surface area contributed by atoms with E-state index in [-0.39, 0.29) is 0 Å². The fourth-order valence-corrected chi connectivity index (χ4v) is 1.87. The van der Waals surface area contributed by atoms with Crippen molar-refractivity contribution in [1.82, 2.24) is 14.0 Å². The first-order chi connectivity index (χ1) is 6.76. The Kier molecular flexibility index (Phi) is 5.45. The van der Waals surface area contributed by atoms with Crippen molar-refractivity contribution >= 4 is 51.8 Å². The number of hydroxylamine groups is 1. The van der Waals surface area contributed by atoms with Gasteiger partial charge in [-0.25, -0.2) is 15.5 Å². The van der Waals surface area contributed by atoms with E-state index in [2.05, 4.69) is 19.0 Å². The van der Waals surface area contributed by atoms with E-state index in [0.29, 0.717) is 17.0 Å². The van der Waals surface area contributed by atoms with E-state index in [1.807, 2.05) is 22.9 Å². The van der Waals surface area contributed by atoms with E-state index in [1.54, 1.807) is 6.20 Å². The molecule has 0 amide bonds. The molecule has 0 aromatic carbocycles. The van der Waals surface area contributed by atoms with E-state index in [1.165, 1.54) is 18.4 Å². The zero-order chi connectivity index (χ0) is 10.4. The van der Waals surface area contributed by atoms with Crippen LogP contribution in [-0.4, -0.2) is 18.1 Å². The van der Waals surface area contributed by atoms with Crippen LogP contribution in [0.4, 0.5) is 0 Å². The lowest BCUT2D eigenvalue weighted by Gasteiger charge is -2.03. The van der Waals surface area contributed by atoms with Gasteiger partial charge in [0.05, 0.1) is 36.5 Å². The molecular weight excluding hydrogens is 339 g/mol. The summed E-state index contributed by atoms with van der Waals surface area (Å²) in [5, 5.41) is 0. The maximum Gasteiger partial charge on any atom is 0.225 e. The number of hydrogen-bond acceptors (Lipinski definition) is 4. The minimum atomic E-state index is 0.520. The van der Waals surface area contributed by atoms with Crippen molar-refractivity contribution in [2.24, 2.45) is 4.99 Å². The van der Waals surface area contributed by atoms with Gasteiger partial charge in [-0.3, -0.25) is 8.37 Å². The maximum absolute atomic E-state index is 5.67. The molecule has 0 atom stereocenters. The summed E-state index contributed by atoms with van der Waals surface area (Å²) < 4.78 is 3.34. The van der Waals surface area contributed by atoms with E-state index >= 15 is 0 Å². The van der Waals surface area contributed by atoms with Crippen LogP contribution in [-0.2, 0) is 11.4 Å². The first kappa shape index (κ1) is 12.0. The number of thiazole rings is 1. The lowest BCUT2D eigenvalue weighted by atomic mass is 10.6. The van der Waals surface area contributed by atoms with E-state index in [4.69, 9.17) is 16.4 Å². The van der Waals surface area contributed by atoms with Crippen molar-refractivity contribution in [2.45, 2.75) is 6.54 Å². The highest BCUT2D eigenvalue weighted by Gasteiger charge is 1.99. The molecule has 0 unspecified atom stereocenters. The minimum absolute atomic E-state index is 0.520. The summed E-state index contributed by atoms with van der Waals surface area (Å²) in [6, 6.07) is 0. The summed E-state index contributed by atoms with van der Waals surface area (Å²) in [6.45, 7) is 0.520. The van der Waals surface area contributed by atoms with Crippen molar-refractivity contribution in [3.05, 3.63) is 15.5 Å². The summed E-state index contributed by atoms with van der Waals surface area (Å²) in [4.78, 5) is 13.8. The van der Waals surface area contributed by atoms with Gasteiger partial charge in [0.25, 0.3) is 0 Å². The third-order valence-electron chi connectivity index (χ3n) is 1.21. The zero-order valence-corrected chi connectivity index (χ0v) is 11.0. The fraction of sp³-hybridized carbons (Fsp3) is 0.333. The van der Waals surface area contributed by atoms with Crippen molar-refractivity contribution in [2.75, 3.05) is 7.11 Å². The third-order valence-corrected chi connectivity index (χ3v) is 2.82. The molecule has 0 radical (unpaired) electrons. The lowest BCUT2D eigenvalue weighted by molar-refractivity contribution is 0.142. The van der Waals surface area contributed by atoms with Gasteiger partial charge in [0, 0.05) is 11.1 Å². The van der Waals surface area contributed by atoms with Crippen LogP contribution in [0.3, 0.4) is 0 Å². The van der Waals surface area contributed by atoms with Crippen LogP contribution in [0.5, 0.6) is 0 Å². The highest BCUT2D eigenvalue weighted by molar-refractivity contribution is 14.1. The Morgan fingerprint density at radius 1 is 1.86 bits per heavy atom. The maximum atomic E-state index is 5.67. The number of guanidine groups is 1. The Bertz CT molecular complexity index is 319. The molecule has 78 valence electrons. The van der Waals surface area contributed by atoms with Crippen LogP contribution in [0.25, 0.3) is 0 Å². The molecule has 0 aliphatic carbocycles. The Balaban J connectivity index is 2.51. The molecule has 0 aliphatic heterocycles. The number of hydrogen-bond donors (Lipinski definition) is 2. The Labute approximate surface area is 104 Å². The molecule has 0 saturated carbocycles. The second-order valence-electron chi connectivity index (χ2n) is 2.15. The first-order valence-electron chi connectivity index (χ1n) is 3.56. The van der Waals surface area contributed by atoms with E-state index < -0.39 is 0 Å². The van der Waals surface area contributed by atoms with Gasteiger partial charge in [0.1, 0.15) is 0 Å². The molecule has 1 heterocycles. The molecule has 8 heteroatoms. The molecule has 14 heavy (non-hydrogen) atoms. The van der Waals surface area contributed by atoms with Gasteiger partial charge in [-0.1, -0.05) is 11.6 Å². The summed E-state index contributed by atoms with van der Waals surface area (Å²) >= 11 is 9.04. The standard InChI is InChI=1S/C6H8ClIN4OS/c1-13-12-6(11-8)10-3-4-2-9-5(7)14-4/h2H,3H2,1H3,(H2,10,11,12). The summed E-state index contributed by atoms with van der Waals surface area (Å²) in [6.07, 6.45) is 1.70. The van der Waals surface area contributed by atoms with Crippen LogP contribution in [0.2, 0.25) is 4.47 Å². The minimum Gasteiger partial charge on any atom is -0.297 e. The second kappa shape index (κ2) is 6.38. The number of aromatic nitrogens is 1. The SMILES string of the molecule is CONC(=NCc1cnc(Cl)s1)NI. The predicted octanol–water partition coefficient (Wildman–Crippen LogP) is 1.74. The van der Waals surface area contributed by atoms with Gasteiger partial charge in [-0.15, -0.1) is 11.3 Å². The molecule has 0 spiro atoms. The molecule has 5 nitrogen and oxygen atoms in total. The molecule has 0 fully saturated rings. The number of nitrogens with zero attached hydrogens (tertiary/aromatic N) is 2. The molecule has 2 N–H and O–H groups in total.